The lowest BCUT2D eigenvalue weighted by atomic mass is 10.1. The molecule has 0 aliphatic heterocycles. The van der Waals surface area contributed by atoms with E-state index in [0.717, 1.165) is 10.4 Å². The van der Waals surface area contributed by atoms with Gasteiger partial charge in [0.25, 0.3) is 11.5 Å². The van der Waals surface area contributed by atoms with Gasteiger partial charge in [0, 0.05) is 33.8 Å². The van der Waals surface area contributed by atoms with Crippen LogP contribution in [0.2, 0.25) is 4.34 Å². The van der Waals surface area contributed by atoms with Gasteiger partial charge in [-0.2, -0.15) is 9.78 Å². The number of nitrogens with zero attached hydrogens (tertiary/aromatic N) is 4. The number of thiophene rings is 1. The van der Waals surface area contributed by atoms with Crippen LogP contribution in [0.1, 0.15) is 42.3 Å². The first kappa shape index (κ1) is 30.5. The molecule has 6 rings (SSSR count). The molecule has 0 aliphatic rings. The van der Waals surface area contributed by atoms with Gasteiger partial charge >= 0.3 is 0 Å². The molecule has 0 amide bonds. The Balaban J connectivity index is 1.44. The maximum atomic E-state index is 13.8. The first-order valence-corrected chi connectivity index (χ1v) is 15.1. The molecule has 0 saturated carbocycles. The van der Waals surface area contributed by atoms with Gasteiger partial charge in [-0.3, -0.25) is 14.4 Å². The smallest absolute Gasteiger partial charge is 0.280 e. The molecular weight excluding hydrogens is 626 g/mol. The van der Waals surface area contributed by atoms with Crippen LogP contribution in [0.3, 0.4) is 0 Å². The number of carbonyl (C=O) groups is 2. The number of Topliss-reactive ketones (excluding diaryl/α,β-unsaturated/α-hetero) is 1. The zero-order valence-corrected chi connectivity index (χ0v) is 25.6. The Labute approximate surface area is 271 Å². The number of anilines is 1. The van der Waals surface area contributed by atoms with E-state index >= 15 is 0 Å². The van der Waals surface area contributed by atoms with E-state index in [0.29, 0.717) is 33.4 Å². The fourth-order valence-corrected chi connectivity index (χ4v) is 5.58. The van der Waals surface area contributed by atoms with E-state index in [1.807, 2.05) is 36.4 Å². The summed E-state index contributed by atoms with van der Waals surface area (Å²) in [5, 5.41) is 20.8. The van der Waals surface area contributed by atoms with Crippen molar-refractivity contribution in [2.24, 2.45) is 0 Å². The van der Waals surface area contributed by atoms with Gasteiger partial charge < -0.3 is 19.5 Å². The SMILES string of the molecule is O=C(Cn1cc(C#Cc2ccccc2)cc(-c2cc(NCc3ccc(Cl)s3)n(C(=O)c3ccc(CO)cc3)n2)c1=O)c1cnoc1. The first-order chi connectivity index (χ1) is 22.4. The van der Waals surface area contributed by atoms with Gasteiger partial charge in [-0.15, -0.1) is 11.3 Å². The number of aliphatic hydroxyl groups is 1. The second kappa shape index (κ2) is 13.6. The number of rotatable bonds is 9. The number of benzene rings is 2. The predicted octanol–water partition coefficient (Wildman–Crippen LogP) is 5.49. The van der Waals surface area contributed by atoms with Crippen LogP contribution in [-0.4, -0.2) is 36.3 Å². The molecule has 6 aromatic rings. The highest BCUT2D eigenvalue weighted by atomic mass is 35.5. The van der Waals surface area contributed by atoms with Gasteiger partial charge in [-0.25, -0.2) is 0 Å². The number of aromatic nitrogens is 4. The molecular formula is C34H24ClN5O5S. The second-order valence-corrected chi connectivity index (χ2v) is 11.9. The summed E-state index contributed by atoms with van der Waals surface area (Å²) in [5.41, 5.74) is 2.26. The summed E-state index contributed by atoms with van der Waals surface area (Å²) >= 11 is 7.51. The highest BCUT2D eigenvalue weighted by Crippen LogP contribution is 2.25. The van der Waals surface area contributed by atoms with E-state index in [2.05, 4.69) is 27.4 Å². The van der Waals surface area contributed by atoms with Crippen molar-refractivity contribution in [1.82, 2.24) is 19.5 Å². The normalized spacial score (nSPS) is 10.7. The van der Waals surface area contributed by atoms with Crippen molar-refractivity contribution in [3.8, 4) is 23.1 Å². The highest BCUT2D eigenvalue weighted by molar-refractivity contribution is 7.16. The Morgan fingerprint density at radius 2 is 1.76 bits per heavy atom. The third kappa shape index (κ3) is 6.90. The molecule has 46 heavy (non-hydrogen) atoms. The number of hydrogen-bond acceptors (Lipinski definition) is 9. The zero-order valence-electron chi connectivity index (χ0n) is 24.0. The third-order valence-corrected chi connectivity index (χ3v) is 8.14. The molecule has 4 aromatic heterocycles. The average molecular weight is 650 g/mol. The van der Waals surface area contributed by atoms with Crippen LogP contribution in [0.5, 0.6) is 0 Å². The molecule has 0 spiro atoms. The minimum Gasteiger partial charge on any atom is -0.392 e. The summed E-state index contributed by atoms with van der Waals surface area (Å²) in [6.07, 6.45) is 4.01. The molecule has 0 saturated heterocycles. The van der Waals surface area contributed by atoms with Crippen LogP contribution < -0.4 is 10.9 Å². The average Bonchev–Trinajstić information content (AvgIpc) is 3.86. The number of nitrogens with one attached hydrogen (secondary N) is 1. The van der Waals surface area contributed by atoms with Gasteiger partial charge in [-0.1, -0.05) is 58.9 Å². The van der Waals surface area contributed by atoms with Crippen LogP contribution >= 0.6 is 22.9 Å². The highest BCUT2D eigenvalue weighted by Gasteiger charge is 2.21. The second-order valence-electron chi connectivity index (χ2n) is 10.1. The predicted molar refractivity (Wildman–Crippen MR) is 174 cm³/mol. The van der Waals surface area contributed by atoms with Crippen molar-refractivity contribution in [2.75, 3.05) is 5.32 Å². The Morgan fingerprint density at radius 3 is 2.46 bits per heavy atom. The fraction of sp³-hybridized carbons (Fsp3) is 0.0882. The Hall–Kier alpha value is -5.54. The van der Waals surface area contributed by atoms with Crippen LogP contribution in [0.25, 0.3) is 11.3 Å². The van der Waals surface area contributed by atoms with Crippen molar-refractivity contribution in [3.63, 3.8) is 0 Å². The number of aliphatic hydroxyl groups excluding tert-OH is 1. The Morgan fingerprint density at radius 1 is 0.978 bits per heavy atom. The maximum Gasteiger partial charge on any atom is 0.280 e. The topological polar surface area (TPSA) is 132 Å². The summed E-state index contributed by atoms with van der Waals surface area (Å²) in [6.45, 7) is -0.111. The first-order valence-electron chi connectivity index (χ1n) is 13.9. The molecule has 0 unspecified atom stereocenters. The summed E-state index contributed by atoms with van der Waals surface area (Å²) in [6, 6.07) is 22.7. The maximum absolute atomic E-state index is 13.8. The molecule has 0 aliphatic carbocycles. The molecule has 0 bridgehead atoms. The molecule has 0 radical (unpaired) electrons. The zero-order chi connectivity index (χ0) is 32.0. The van der Waals surface area contributed by atoms with Crippen molar-refractivity contribution in [2.45, 2.75) is 19.7 Å². The largest absolute Gasteiger partial charge is 0.392 e. The van der Waals surface area contributed by atoms with Gasteiger partial charge in [-0.05, 0) is 48.0 Å². The van der Waals surface area contributed by atoms with Gasteiger partial charge in [0.15, 0.2) is 5.78 Å². The lowest BCUT2D eigenvalue weighted by Crippen LogP contribution is -2.25. The summed E-state index contributed by atoms with van der Waals surface area (Å²) in [5.74, 6) is 5.65. The number of halogens is 1. The van der Waals surface area contributed by atoms with Gasteiger partial charge in [0.2, 0.25) is 0 Å². The lowest BCUT2D eigenvalue weighted by molar-refractivity contribution is 0.0945. The summed E-state index contributed by atoms with van der Waals surface area (Å²) < 4.78 is 7.87. The van der Waals surface area contributed by atoms with E-state index in [1.165, 1.54) is 39.2 Å². The minimum atomic E-state index is -0.504. The van der Waals surface area contributed by atoms with E-state index in [1.54, 1.807) is 42.5 Å². The van der Waals surface area contributed by atoms with Gasteiger partial charge in [0.05, 0.1) is 41.4 Å². The van der Waals surface area contributed by atoms with Crippen molar-refractivity contribution in [1.29, 1.82) is 0 Å². The number of hydrogen-bond donors (Lipinski definition) is 2. The number of carbonyl (C=O) groups excluding carboxylic acids is 2. The van der Waals surface area contributed by atoms with Crippen LogP contribution in [0.4, 0.5) is 5.82 Å². The van der Waals surface area contributed by atoms with Crippen LogP contribution in [0, 0.1) is 11.8 Å². The van der Waals surface area contributed by atoms with Crippen LogP contribution in [0.15, 0.2) is 107 Å². The summed E-state index contributed by atoms with van der Waals surface area (Å²) in [4.78, 5) is 41.4. The lowest BCUT2D eigenvalue weighted by Gasteiger charge is -2.08. The van der Waals surface area contributed by atoms with E-state index < -0.39 is 11.5 Å². The molecule has 2 N–H and O–H groups in total. The van der Waals surface area contributed by atoms with E-state index in [-0.39, 0.29) is 35.8 Å². The van der Waals surface area contributed by atoms with Crippen molar-refractivity contribution >= 4 is 40.4 Å². The number of ketones is 1. The molecule has 0 fully saturated rings. The van der Waals surface area contributed by atoms with E-state index in [4.69, 9.17) is 16.1 Å². The molecule has 0 atom stereocenters. The minimum absolute atomic E-state index is 0.141. The van der Waals surface area contributed by atoms with Crippen molar-refractivity contribution < 1.29 is 19.2 Å². The monoisotopic (exact) mass is 649 g/mol. The molecule has 228 valence electrons. The standard InChI is InChI=1S/C34H24ClN5O5S/c35-31-13-12-27(46-31)17-36-32-15-29(38-40(32)33(43)25-10-8-23(20-41)9-11-25)28-14-24(7-6-22-4-2-1-3-5-22)18-39(34(28)44)19-30(42)26-16-37-45-21-26/h1-5,8-16,18,21,36,41H,17,19-20H2. The van der Waals surface area contributed by atoms with E-state index in [9.17, 15) is 19.5 Å². The molecule has 4 heterocycles. The number of pyridine rings is 1. The Kier molecular flexibility index (Phi) is 9.03. The van der Waals surface area contributed by atoms with Gasteiger partial charge in [0.1, 0.15) is 17.8 Å². The fourth-order valence-electron chi connectivity index (χ4n) is 4.55. The van der Waals surface area contributed by atoms with Crippen molar-refractivity contribution in [3.05, 3.63) is 145 Å². The molecule has 12 heteroatoms. The molecule has 2 aromatic carbocycles. The Bertz CT molecular complexity index is 2140. The third-order valence-electron chi connectivity index (χ3n) is 6.91. The quantitative estimate of drug-likeness (QED) is 0.155. The van der Waals surface area contributed by atoms with Crippen LogP contribution in [-0.2, 0) is 19.7 Å². The summed E-state index contributed by atoms with van der Waals surface area (Å²) in [7, 11) is 0. The molecule has 10 nitrogen and oxygen atoms in total.